The van der Waals surface area contributed by atoms with E-state index in [4.69, 9.17) is 24.7 Å². The molecule has 8 nitrogen and oxygen atoms in total. The molecule has 3 rings (SSSR count). The van der Waals surface area contributed by atoms with Crippen molar-refractivity contribution in [2.24, 2.45) is 27.5 Å². The van der Waals surface area contributed by atoms with Gasteiger partial charge in [0.2, 0.25) is 0 Å². The van der Waals surface area contributed by atoms with E-state index in [-0.39, 0.29) is 5.84 Å². The fraction of sp³-hybridized carbons (Fsp3) is 0.833. The van der Waals surface area contributed by atoms with Crippen molar-refractivity contribution in [3.63, 3.8) is 0 Å². The Morgan fingerprint density at radius 2 is 1.96 bits per heavy atom. The maximum atomic E-state index is 10.5. The van der Waals surface area contributed by atoms with Gasteiger partial charge in [0.25, 0.3) is 5.91 Å². The Bertz CT molecular complexity index is 690. The maximum absolute atomic E-state index is 10.5. The van der Waals surface area contributed by atoms with E-state index in [1.807, 2.05) is 6.92 Å². The Labute approximate surface area is 153 Å². The first-order valence-electron chi connectivity index (χ1n) is 9.00. The fourth-order valence-corrected chi connectivity index (χ4v) is 5.42. The highest BCUT2D eigenvalue weighted by molar-refractivity contribution is 5.94. The summed E-state index contributed by atoms with van der Waals surface area (Å²) in [5, 5.41) is 20.7. The molecule has 0 amide bonds. The number of nitrogens with zero attached hydrogens (tertiary/aromatic N) is 3. The van der Waals surface area contributed by atoms with E-state index in [0.29, 0.717) is 19.4 Å². The average Bonchev–Trinajstić information content (AvgIpc) is 2.88. The van der Waals surface area contributed by atoms with Crippen molar-refractivity contribution in [1.82, 2.24) is 0 Å². The van der Waals surface area contributed by atoms with Gasteiger partial charge in [0.05, 0.1) is 18.2 Å². The molecule has 0 spiro atoms. The summed E-state index contributed by atoms with van der Waals surface area (Å²) < 4.78 is 23.7. The predicted octanol–water partition coefficient (Wildman–Crippen LogP) is 1.67. The lowest BCUT2D eigenvalue weighted by molar-refractivity contribution is -0.394. The van der Waals surface area contributed by atoms with Gasteiger partial charge in [-0.25, -0.2) is 4.99 Å². The van der Waals surface area contributed by atoms with Crippen LogP contribution in [-0.2, 0) is 18.9 Å². The Hall–Kier alpha value is -1.71. The standard InChI is InChI=1S/C18H26N4O4/c1-5-25-17-9-7-6-8-13(17)16(11-20)15(10-19,12(2)26-17)14(21)22-18(16,23-3)24-4/h12-13H,5-9H2,1-4H3,(H2,21,22). The topological polar surface area (TPSA) is 123 Å². The number of fused-ring (bicyclic) bond motifs is 3. The summed E-state index contributed by atoms with van der Waals surface area (Å²) in [5.74, 6) is -3.16. The smallest absolute Gasteiger partial charge is 0.292 e. The van der Waals surface area contributed by atoms with Gasteiger partial charge >= 0.3 is 0 Å². The third-order valence-corrected chi connectivity index (χ3v) is 6.39. The van der Waals surface area contributed by atoms with E-state index in [9.17, 15) is 10.5 Å². The van der Waals surface area contributed by atoms with Crippen LogP contribution in [0.4, 0.5) is 0 Å². The Morgan fingerprint density at radius 1 is 1.27 bits per heavy atom. The van der Waals surface area contributed by atoms with Gasteiger partial charge in [0.1, 0.15) is 5.84 Å². The highest BCUT2D eigenvalue weighted by atomic mass is 16.7. The van der Waals surface area contributed by atoms with E-state index in [1.165, 1.54) is 14.2 Å². The van der Waals surface area contributed by atoms with Gasteiger partial charge in [-0.2, -0.15) is 10.5 Å². The number of rotatable bonds is 4. The monoisotopic (exact) mass is 362 g/mol. The normalized spacial score (nSPS) is 43.5. The van der Waals surface area contributed by atoms with Crippen molar-refractivity contribution < 1.29 is 18.9 Å². The molecule has 2 N–H and O–H groups in total. The average molecular weight is 362 g/mol. The first-order valence-corrected chi connectivity index (χ1v) is 9.00. The fourth-order valence-electron chi connectivity index (χ4n) is 5.42. The lowest BCUT2D eigenvalue weighted by Gasteiger charge is -2.61. The van der Waals surface area contributed by atoms with Crippen LogP contribution in [0.3, 0.4) is 0 Å². The number of methoxy groups -OCH3 is 2. The number of hydrogen-bond acceptors (Lipinski definition) is 8. The molecule has 26 heavy (non-hydrogen) atoms. The minimum absolute atomic E-state index is 0.00780. The Morgan fingerprint density at radius 3 is 2.50 bits per heavy atom. The van der Waals surface area contributed by atoms with E-state index in [2.05, 4.69) is 17.1 Å². The van der Waals surface area contributed by atoms with Crippen LogP contribution in [0.2, 0.25) is 0 Å². The Balaban J connectivity index is 2.35. The first kappa shape index (κ1) is 19.1. The van der Waals surface area contributed by atoms with Crippen LogP contribution in [0.15, 0.2) is 4.99 Å². The van der Waals surface area contributed by atoms with Crippen LogP contribution in [-0.4, -0.2) is 44.5 Å². The van der Waals surface area contributed by atoms with Crippen molar-refractivity contribution in [3.8, 4) is 12.1 Å². The number of ether oxygens (including phenoxy) is 4. The number of amidine groups is 1. The lowest BCUT2D eigenvalue weighted by atomic mass is 9.49. The number of hydrogen-bond donors (Lipinski definition) is 1. The third-order valence-electron chi connectivity index (χ3n) is 6.39. The van der Waals surface area contributed by atoms with Gasteiger partial charge in [-0.05, 0) is 26.7 Å². The molecular weight excluding hydrogens is 336 g/mol. The second kappa shape index (κ2) is 6.17. The molecule has 2 fully saturated rings. The van der Waals surface area contributed by atoms with Gasteiger partial charge in [-0.1, -0.05) is 6.42 Å². The van der Waals surface area contributed by atoms with Gasteiger partial charge in [-0.15, -0.1) is 0 Å². The first-order chi connectivity index (χ1) is 12.4. The van der Waals surface area contributed by atoms with Crippen LogP contribution < -0.4 is 5.73 Å². The summed E-state index contributed by atoms with van der Waals surface area (Å²) in [4.78, 5) is 4.39. The number of nitriles is 2. The molecule has 8 heteroatoms. The molecule has 2 heterocycles. The molecule has 0 radical (unpaired) electrons. The molecule has 2 aliphatic heterocycles. The minimum atomic E-state index is -1.69. The molecule has 5 atom stereocenters. The summed E-state index contributed by atoms with van der Waals surface area (Å²) >= 11 is 0. The molecule has 0 aromatic heterocycles. The zero-order chi connectivity index (χ0) is 19.2. The van der Waals surface area contributed by atoms with E-state index in [1.54, 1.807) is 6.92 Å². The summed E-state index contributed by atoms with van der Waals surface area (Å²) in [7, 11) is 2.83. The Kier molecular flexibility index (Phi) is 4.53. The van der Waals surface area contributed by atoms with Crippen molar-refractivity contribution in [2.45, 2.75) is 57.3 Å². The highest BCUT2D eigenvalue weighted by Gasteiger charge is 2.83. The molecule has 0 aromatic rings. The zero-order valence-corrected chi connectivity index (χ0v) is 15.7. The van der Waals surface area contributed by atoms with Crippen LogP contribution in [0.1, 0.15) is 39.5 Å². The number of nitrogens with two attached hydrogens (primary N) is 1. The maximum Gasteiger partial charge on any atom is 0.292 e. The molecule has 5 unspecified atom stereocenters. The van der Waals surface area contributed by atoms with E-state index in [0.717, 1.165) is 12.8 Å². The lowest BCUT2D eigenvalue weighted by Crippen LogP contribution is -2.73. The molecule has 3 aliphatic rings. The molecule has 1 saturated carbocycles. The minimum Gasteiger partial charge on any atom is -0.386 e. The van der Waals surface area contributed by atoms with Crippen LogP contribution >= 0.6 is 0 Å². The van der Waals surface area contributed by atoms with E-state index >= 15 is 0 Å². The summed E-state index contributed by atoms with van der Waals surface area (Å²) in [6.07, 6.45) is 2.33. The zero-order valence-electron chi connectivity index (χ0n) is 15.7. The summed E-state index contributed by atoms with van der Waals surface area (Å²) in [5.41, 5.74) is 3.27. The molecule has 1 aliphatic carbocycles. The van der Waals surface area contributed by atoms with Crippen LogP contribution in [0.5, 0.6) is 0 Å². The van der Waals surface area contributed by atoms with Crippen molar-refractivity contribution >= 4 is 5.84 Å². The summed E-state index contributed by atoms with van der Waals surface area (Å²) in [6, 6.07) is 4.65. The van der Waals surface area contributed by atoms with Crippen molar-refractivity contribution in [1.29, 1.82) is 10.5 Å². The van der Waals surface area contributed by atoms with Gasteiger partial charge in [-0.3, -0.25) is 0 Å². The van der Waals surface area contributed by atoms with Gasteiger partial charge in [0.15, 0.2) is 16.6 Å². The van der Waals surface area contributed by atoms with Gasteiger partial charge < -0.3 is 24.7 Å². The van der Waals surface area contributed by atoms with Crippen LogP contribution in [0.25, 0.3) is 0 Å². The second-order valence-electron chi connectivity index (χ2n) is 7.13. The third kappa shape index (κ3) is 1.83. The SMILES string of the molecule is CCOC12CCCCC1C1(C#N)C(OC)(OC)N=C(N)C1(C#N)C(C)O2. The largest absolute Gasteiger partial charge is 0.386 e. The molecule has 0 aromatic carbocycles. The molecular formula is C18H26N4O4. The number of aliphatic imine (C=N–C) groups is 1. The highest BCUT2D eigenvalue weighted by Crippen LogP contribution is 2.68. The van der Waals surface area contributed by atoms with Crippen LogP contribution in [0, 0.1) is 39.4 Å². The molecule has 0 bridgehead atoms. The predicted molar refractivity (Wildman–Crippen MR) is 91.3 cm³/mol. The quantitative estimate of drug-likeness (QED) is 0.754. The summed E-state index contributed by atoms with van der Waals surface area (Å²) in [6.45, 7) is 4.05. The van der Waals surface area contributed by atoms with Crippen molar-refractivity contribution in [2.75, 3.05) is 20.8 Å². The molecule has 1 saturated heterocycles. The second-order valence-corrected chi connectivity index (χ2v) is 7.13. The van der Waals surface area contributed by atoms with Gasteiger partial charge in [0, 0.05) is 33.2 Å². The molecule has 142 valence electrons. The van der Waals surface area contributed by atoms with E-state index < -0.39 is 34.6 Å². The van der Waals surface area contributed by atoms with Crippen molar-refractivity contribution in [3.05, 3.63) is 0 Å².